The van der Waals surface area contributed by atoms with Crippen molar-refractivity contribution < 1.29 is 9.32 Å². The molecule has 0 spiro atoms. The van der Waals surface area contributed by atoms with Gasteiger partial charge in [-0.05, 0) is 16.8 Å². The number of aromatic nitrogens is 1. The van der Waals surface area contributed by atoms with Crippen LogP contribution in [0.5, 0.6) is 0 Å². The predicted molar refractivity (Wildman–Crippen MR) is 97.1 cm³/mol. The van der Waals surface area contributed by atoms with E-state index in [2.05, 4.69) is 10.5 Å². The molecule has 0 atom stereocenters. The van der Waals surface area contributed by atoms with Crippen molar-refractivity contribution in [1.82, 2.24) is 10.5 Å². The summed E-state index contributed by atoms with van der Waals surface area (Å²) in [7, 11) is 0. The first-order chi connectivity index (χ1) is 12.3. The molecule has 4 aromatic rings. The number of rotatable bonds is 4. The van der Waals surface area contributed by atoms with E-state index in [9.17, 15) is 4.79 Å². The lowest BCUT2D eigenvalue weighted by Crippen LogP contribution is -2.22. The number of hydrogen-bond acceptors (Lipinski definition) is 3. The van der Waals surface area contributed by atoms with Gasteiger partial charge in [0.2, 0.25) is 0 Å². The highest BCUT2D eigenvalue weighted by molar-refractivity contribution is 6.06. The molecule has 4 nitrogen and oxygen atoms in total. The fourth-order valence-electron chi connectivity index (χ4n) is 2.83. The molecular weight excluding hydrogens is 312 g/mol. The molecule has 0 aliphatic carbocycles. The van der Waals surface area contributed by atoms with Crippen LogP contribution in [0.15, 0.2) is 83.4 Å². The molecule has 0 aliphatic heterocycles. The quantitative estimate of drug-likeness (QED) is 0.603. The minimum absolute atomic E-state index is 0.130. The Morgan fingerprint density at radius 2 is 1.68 bits per heavy atom. The SMILES string of the molecule is O=C(NCc1cc(-c2ccccc2)no1)c1cccc2ccccc12. The van der Waals surface area contributed by atoms with Gasteiger partial charge in [0.05, 0.1) is 6.54 Å². The smallest absolute Gasteiger partial charge is 0.252 e. The Balaban J connectivity index is 1.50. The molecule has 4 rings (SSSR count). The van der Waals surface area contributed by atoms with Crippen LogP contribution in [-0.2, 0) is 6.54 Å². The maximum absolute atomic E-state index is 12.5. The zero-order valence-corrected chi connectivity index (χ0v) is 13.5. The van der Waals surface area contributed by atoms with Gasteiger partial charge in [0.15, 0.2) is 5.76 Å². The minimum Gasteiger partial charge on any atom is -0.359 e. The van der Waals surface area contributed by atoms with Crippen LogP contribution in [0.25, 0.3) is 22.0 Å². The van der Waals surface area contributed by atoms with Crippen LogP contribution in [0.3, 0.4) is 0 Å². The van der Waals surface area contributed by atoms with E-state index < -0.39 is 0 Å². The summed E-state index contributed by atoms with van der Waals surface area (Å²) >= 11 is 0. The van der Waals surface area contributed by atoms with Gasteiger partial charge in [0.1, 0.15) is 5.69 Å². The van der Waals surface area contributed by atoms with Gasteiger partial charge in [-0.15, -0.1) is 0 Å². The van der Waals surface area contributed by atoms with Crippen LogP contribution < -0.4 is 5.32 Å². The van der Waals surface area contributed by atoms with E-state index >= 15 is 0 Å². The van der Waals surface area contributed by atoms with Gasteiger partial charge in [-0.3, -0.25) is 4.79 Å². The fraction of sp³-hybridized carbons (Fsp3) is 0.0476. The van der Waals surface area contributed by atoms with Crippen molar-refractivity contribution in [3.05, 3.63) is 90.2 Å². The fourth-order valence-corrected chi connectivity index (χ4v) is 2.83. The summed E-state index contributed by atoms with van der Waals surface area (Å²) in [5, 5.41) is 8.94. The summed E-state index contributed by atoms with van der Waals surface area (Å²) in [5.74, 6) is 0.488. The van der Waals surface area contributed by atoms with Crippen molar-refractivity contribution in [2.45, 2.75) is 6.54 Å². The van der Waals surface area contributed by atoms with Crippen LogP contribution in [0.4, 0.5) is 0 Å². The highest BCUT2D eigenvalue weighted by Gasteiger charge is 2.11. The molecule has 0 saturated heterocycles. The van der Waals surface area contributed by atoms with Crippen molar-refractivity contribution in [2.75, 3.05) is 0 Å². The first-order valence-electron chi connectivity index (χ1n) is 8.08. The summed E-state index contributed by atoms with van der Waals surface area (Å²) in [6.07, 6.45) is 0. The molecule has 0 aliphatic rings. The number of hydrogen-bond donors (Lipinski definition) is 1. The molecule has 25 heavy (non-hydrogen) atoms. The number of carbonyl (C=O) groups excluding carboxylic acids is 1. The first kappa shape index (κ1) is 15.1. The molecule has 0 saturated carbocycles. The average molecular weight is 328 g/mol. The predicted octanol–water partition coefficient (Wildman–Crippen LogP) is 4.42. The molecule has 1 amide bonds. The Hall–Kier alpha value is -3.40. The monoisotopic (exact) mass is 328 g/mol. The second kappa shape index (κ2) is 6.61. The highest BCUT2D eigenvalue weighted by atomic mass is 16.5. The molecule has 122 valence electrons. The van der Waals surface area contributed by atoms with Gasteiger partial charge in [-0.25, -0.2) is 0 Å². The largest absolute Gasteiger partial charge is 0.359 e. The summed E-state index contributed by atoms with van der Waals surface area (Å²) in [6.45, 7) is 0.294. The van der Waals surface area contributed by atoms with Crippen molar-refractivity contribution in [2.24, 2.45) is 0 Å². The summed E-state index contributed by atoms with van der Waals surface area (Å²) < 4.78 is 5.33. The summed E-state index contributed by atoms with van der Waals surface area (Å²) in [4.78, 5) is 12.5. The molecule has 4 heteroatoms. The van der Waals surface area contributed by atoms with Gasteiger partial charge < -0.3 is 9.84 Å². The van der Waals surface area contributed by atoms with Crippen LogP contribution in [-0.4, -0.2) is 11.1 Å². The second-order valence-electron chi connectivity index (χ2n) is 5.75. The zero-order valence-electron chi connectivity index (χ0n) is 13.5. The molecule has 0 bridgehead atoms. The third kappa shape index (κ3) is 3.15. The van der Waals surface area contributed by atoms with Gasteiger partial charge >= 0.3 is 0 Å². The van der Waals surface area contributed by atoms with E-state index in [0.717, 1.165) is 22.0 Å². The average Bonchev–Trinajstić information content (AvgIpc) is 3.15. The lowest BCUT2D eigenvalue weighted by Gasteiger charge is -2.06. The normalized spacial score (nSPS) is 10.7. The lowest BCUT2D eigenvalue weighted by atomic mass is 10.0. The Bertz CT molecular complexity index is 1020. The van der Waals surface area contributed by atoms with E-state index in [-0.39, 0.29) is 5.91 Å². The van der Waals surface area contributed by atoms with Crippen molar-refractivity contribution in [1.29, 1.82) is 0 Å². The second-order valence-corrected chi connectivity index (χ2v) is 5.75. The number of nitrogens with zero attached hydrogens (tertiary/aromatic N) is 1. The standard InChI is InChI=1S/C21H16N2O2/c24-21(19-12-6-10-15-7-4-5-11-18(15)19)22-14-17-13-20(23-25-17)16-8-2-1-3-9-16/h1-13H,14H2,(H,22,24). The minimum atomic E-state index is -0.130. The third-order valence-corrected chi connectivity index (χ3v) is 4.09. The van der Waals surface area contributed by atoms with Gasteiger partial charge in [0, 0.05) is 17.2 Å². The van der Waals surface area contributed by atoms with Crippen molar-refractivity contribution in [3.63, 3.8) is 0 Å². The van der Waals surface area contributed by atoms with E-state index in [1.165, 1.54) is 0 Å². The van der Waals surface area contributed by atoms with Crippen LogP contribution >= 0.6 is 0 Å². The molecule has 0 radical (unpaired) electrons. The Kier molecular flexibility index (Phi) is 4.01. The number of nitrogens with one attached hydrogen (secondary N) is 1. The first-order valence-corrected chi connectivity index (χ1v) is 8.08. The number of benzene rings is 3. The Morgan fingerprint density at radius 1 is 0.920 bits per heavy atom. The van der Waals surface area contributed by atoms with Crippen LogP contribution in [0.2, 0.25) is 0 Å². The molecule has 0 unspecified atom stereocenters. The molecule has 1 aromatic heterocycles. The number of fused-ring (bicyclic) bond motifs is 1. The summed E-state index contributed by atoms with van der Waals surface area (Å²) in [6, 6.07) is 25.2. The van der Waals surface area contributed by atoms with E-state index in [0.29, 0.717) is 17.9 Å². The van der Waals surface area contributed by atoms with Crippen LogP contribution in [0.1, 0.15) is 16.1 Å². The summed E-state index contributed by atoms with van der Waals surface area (Å²) in [5.41, 5.74) is 2.40. The van der Waals surface area contributed by atoms with E-state index in [1.807, 2.05) is 78.9 Å². The zero-order chi connectivity index (χ0) is 17.1. The van der Waals surface area contributed by atoms with E-state index in [1.54, 1.807) is 0 Å². The maximum Gasteiger partial charge on any atom is 0.252 e. The highest BCUT2D eigenvalue weighted by Crippen LogP contribution is 2.20. The molecule has 3 aromatic carbocycles. The van der Waals surface area contributed by atoms with Gasteiger partial charge in [0.25, 0.3) is 5.91 Å². The van der Waals surface area contributed by atoms with Crippen molar-refractivity contribution >= 4 is 16.7 Å². The number of amides is 1. The third-order valence-electron chi connectivity index (χ3n) is 4.09. The Labute approximate surface area is 145 Å². The van der Waals surface area contributed by atoms with Crippen LogP contribution in [0, 0.1) is 0 Å². The Morgan fingerprint density at radius 3 is 2.56 bits per heavy atom. The van der Waals surface area contributed by atoms with Gasteiger partial charge in [-0.1, -0.05) is 71.9 Å². The lowest BCUT2D eigenvalue weighted by molar-refractivity contribution is 0.0948. The van der Waals surface area contributed by atoms with Gasteiger partial charge in [-0.2, -0.15) is 0 Å². The number of carbonyl (C=O) groups is 1. The van der Waals surface area contributed by atoms with Crippen molar-refractivity contribution in [3.8, 4) is 11.3 Å². The maximum atomic E-state index is 12.5. The molecule has 0 fully saturated rings. The topological polar surface area (TPSA) is 55.1 Å². The molecule has 1 heterocycles. The van der Waals surface area contributed by atoms with E-state index in [4.69, 9.17) is 4.52 Å². The molecular formula is C21H16N2O2. The molecule has 1 N–H and O–H groups in total.